The van der Waals surface area contributed by atoms with Gasteiger partial charge < -0.3 is 4.74 Å². The Hall–Kier alpha value is -1.13. The highest BCUT2D eigenvalue weighted by atomic mass is 79.9. The van der Waals surface area contributed by atoms with E-state index in [1.807, 2.05) is 18.2 Å². The predicted molar refractivity (Wildman–Crippen MR) is 70.4 cm³/mol. The minimum absolute atomic E-state index is 0.299. The van der Waals surface area contributed by atoms with Crippen LogP contribution in [0.25, 0.3) is 10.9 Å². The molecule has 88 valence electrons. The largest absolute Gasteiger partial charge is 0.423 e. The topological polar surface area (TPSA) is 39.2 Å². The summed E-state index contributed by atoms with van der Waals surface area (Å²) in [6.45, 7) is 1.72. The van der Waals surface area contributed by atoms with E-state index in [1.165, 1.54) is 6.20 Å². The Morgan fingerprint density at radius 3 is 3.00 bits per heavy atom. The first-order chi connectivity index (χ1) is 8.11. The average Bonchev–Trinajstić information content (AvgIpc) is 2.32. The SMILES string of the molecule is CCC(=O)Oc1cnc2cc(Br)ccc2c1Cl. The van der Waals surface area contributed by atoms with Crippen LogP contribution in [0.3, 0.4) is 0 Å². The predicted octanol–water partition coefficient (Wildman–Crippen LogP) is 3.97. The zero-order valence-electron chi connectivity index (χ0n) is 9.04. The summed E-state index contributed by atoms with van der Waals surface area (Å²) in [5, 5.41) is 1.17. The number of nitrogens with zero attached hydrogens (tertiary/aromatic N) is 1. The van der Waals surface area contributed by atoms with Crippen molar-refractivity contribution >= 4 is 44.4 Å². The van der Waals surface area contributed by atoms with Gasteiger partial charge in [-0.1, -0.05) is 40.5 Å². The van der Waals surface area contributed by atoms with Crippen LogP contribution in [-0.4, -0.2) is 11.0 Å². The summed E-state index contributed by atoms with van der Waals surface area (Å²) in [6.07, 6.45) is 1.76. The van der Waals surface area contributed by atoms with E-state index in [1.54, 1.807) is 6.92 Å². The summed E-state index contributed by atoms with van der Waals surface area (Å²) >= 11 is 9.52. The molecule has 1 aromatic heterocycles. The van der Waals surface area contributed by atoms with Gasteiger partial charge in [0.15, 0.2) is 5.75 Å². The molecule has 17 heavy (non-hydrogen) atoms. The number of fused-ring (bicyclic) bond motifs is 1. The number of esters is 1. The maximum Gasteiger partial charge on any atom is 0.311 e. The van der Waals surface area contributed by atoms with Crippen molar-refractivity contribution in [2.75, 3.05) is 0 Å². The first-order valence-electron chi connectivity index (χ1n) is 5.06. The van der Waals surface area contributed by atoms with Crippen LogP contribution >= 0.6 is 27.5 Å². The molecule has 0 aliphatic rings. The molecule has 0 fully saturated rings. The van der Waals surface area contributed by atoms with Crippen molar-refractivity contribution in [3.8, 4) is 5.75 Å². The molecule has 1 aromatic carbocycles. The summed E-state index contributed by atoms with van der Waals surface area (Å²) in [6, 6.07) is 5.55. The highest BCUT2D eigenvalue weighted by Gasteiger charge is 2.11. The number of aromatic nitrogens is 1. The molecule has 5 heteroatoms. The van der Waals surface area contributed by atoms with Crippen molar-refractivity contribution < 1.29 is 9.53 Å². The maximum absolute atomic E-state index is 11.2. The lowest BCUT2D eigenvalue weighted by Crippen LogP contribution is -2.06. The zero-order chi connectivity index (χ0) is 12.4. The van der Waals surface area contributed by atoms with Gasteiger partial charge in [0, 0.05) is 16.3 Å². The van der Waals surface area contributed by atoms with Gasteiger partial charge in [-0.25, -0.2) is 0 Å². The van der Waals surface area contributed by atoms with Crippen LogP contribution in [0, 0.1) is 0 Å². The van der Waals surface area contributed by atoms with E-state index in [0.29, 0.717) is 17.2 Å². The number of carbonyl (C=O) groups is 1. The molecular formula is C12H9BrClNO2. The molecule has 0 aliphatic carbocycles. The Labute approximate surface area is 112 Å². The third-order valence-corrected chi connectivity index (χ3v) is 3.13. The second-order valence-electron chi connectivity index (χ2n) is 3.43. The van der Waals surface area contributed by atoms with Crippen LogP contribution < -0.4 is 4.74 Å². The molecular weight excluding hydrogens is 305 g/mol. The summed E-state index contributed by atoms with van der Waals surface area (Å²) in [5.74, 6) is -0.0292. The van der Waals surface area contributed by atoms with Gasteiger partial charge in [-0.2, -0.15) is 0 Å². The number of benzene rings is 1. The molecule has 0 bridgehead atoms. The number of carbonyl (C=O) groups excluding carboxylic acids is 1. The average molecular weight is 315 g/mol. The second-order valence-corrected chi connectivity index (χ2v) is 4.72. The van der Waals surface area contributed by atoms with Crippen LogP contribution in [0.1, 0.15) is 13.3 Å². The molecule has 2 aromatic rings. The Kier molecular flexibility index (Phi) is 3.64. The Bertz CT molecular complexity index is 586. The standard InChI is InChI=1S/C12H9BrClNO2/c1-2-11(16)17-10-6-15-9-5-7(13)3-4-8(9)12(10)14/h3-6H,2H2,1H3. The van der Waals surface area contributed by atoms with E-state index in [2.05, 4.69) is 20.9 Å². The Morgan fingerprint density at radius 1 is 1.53 bits per heavy atom. The molecule has 0 radical (unpaired) electrons. The van der Waals surface area contributed by atoms with Gasteiger partial charge in [-0.15, -0.1) is 0 Å². The lowest BCUT2D eigenvalue weighted by molar-refractivity contribution is -0.134. The van der Waals surface area contributed by atoms with E-state index in [0.717, 1.165) is 15.4 Å². The number of rotatable bonds is 2. The van der Waals surface area contributed by atoms with E-state index < -0.39 is 0 Å². The molecule has 0 spiro atoms. The van der Waals surface area contributed by atoms with Crippen molar-refractivity contribution in [3.05, 3.63) is 33.9 Å². The quantitative estimate of drug-likeness (QED) is 0.787. The molecule has 0 unspecified atom stereocenters. The van der Waals surface area contributed by atoms with Gasteiger partial charge in [0.2, 0.25) is 0 Å². The van der Waals surface area contributed by atoms with Gasteiger partial charge in [0.1, 0.15) is 0 Å². The second kappa shape index (κ2) is 5.02. The third kappa shape index (κ3) is 2.58. The van der Waals surface area contributed by atoms with Crippen molar-refractivity contribution in [1.82, 2.24) is 4.98 Å². The molecule has 0 saturated carbocycles. The molecule has 0 aliphatic heterocycles. The summed E-state index contributed by atoms with van der Waals surface area (Å²) in [5.41, 5.74) is 0.751. The molecule has 0 amide bonds. The van der Waals surface area contributed by atoms with Crippen LogP contribution in [0.15, 0.2) is 28.9 Å². The Balaban J connectivity index is 2.50. The van der Waals surface area contributed by atoms with Crippen molar-refractivity contribution in [1.29, 1.82) is 0 Å². The lowest BCUT2D eigenvalue weighted by Gasteiger charge is -2.07. The minimum atomic E-state index is -0.329. The van der Waals surface area contributed by atoms with E-state index in [4.69, 9.17) is 16.3 Å². The minimum Gasteiger partial charge on any atom is -0.423 e. The van der Waals surface area contributed by atoms with Crippen LogP contribution in [0.2, 0.25) is 5.02 Å². The normalized spacial score (nSPS) is 10.5. The number of hydrogen-bond donors (Lipinski definition) is 0. The summed E-state index contributed by atoms with van der Waals surface area (Å²) < 4.78 is 6.01. The molecule has 0 saturated heterocycles. The van der Waals surface area contributed by atoms with Crippen molar-refractivity contribution in [2.45, 2.75) is 13.3 Å². The number of pyridine rings is 1. The van der Waals surface area contributed by atoms with E-state index >= 15 is 0 Å². The first kappa shape index (κ1) is 12.3. The number of ether oxygens (including phenoxy) is 1. The summed E-state index contributed by atoms with van der Waals surface area (Å²) in [7, 11) is 0. The lowest BCUT2D eigenvalue weighted by atomic mass is 10.2. The number of halogens is 2. The van der Waals surface area contributed by atoms with Gasteiger partial charge in [0.25, 0.3) is 0 Å². The highest BCUT2D eigenvalue weighted by Crippen LogP contribution is 2.32. The smallest absolute Gasteiger partial charge is 0.311 e. The molecule has 0 N–H and O–H groups in total. The fourth-order valence-electron chi connectivity index (χ4n) is 1.38. The number of hydrogen-bond acceptors (Lipinski definition) is 3. The first-order valence-corrected chi connectivity index (χ1v) is 6.23. The van der Waals surface area contributed by atoms with Gasteiger partial charge in [-0.05, 0) is 12.1 Å². The summed E-state index contributed by atoms with van der Waals surface area (Å²) in [4.78, 5) is 15.4. The molecule has 1 heterocycles. The van der Waals surface area contributed by atoms with Crippen molar-refractivity contribution in [3.63, 3.8) is 0 Å². The molecule has 3 nitrogen and oxygen atoms in total. The fraction of sp³-hybridized carbons (Fsp3) is 0.167. The van der Waals surface area contributed by atoms with Gasteiger partial charge >= 0.3 is 5.97 Å². The highest BCUT2D eigenvalue weighted by molar-refractivity contribution is 9.10. The zero-order valence-corrected chi connectivity index (χ0v) is 11.4. The Morgan fingerprint density at radius 2 is 2.29 bits per heavy atom. The maximum atomic E-state index is 11.2. The third-order valence-electron chi connectivity index (χ3n) is 2.25. The van der Waals surface area contributed by atoms with Crippen LogP contribution in [0.5, 0.6) is 5.75 Å². The fourth-order valence-corrected chi connectivity index (χ4v) is 1.98. The molecule has 0 atom stereocenters. The van der Waals surface area contributed by atoms with Gasteiger partial charge in [-0.3, -0.25) is 9.78 Å². The van der Waals surface area contributed by atoms with Crippen molar-refractivity contribution in [2.24, 2.45) is 0 Å². The van der Waals surface area contributed by atoms with E-state index in [9.17, 15) is 4.79 Å². The van der Waals surface area contributed by atoms with Crippen LogP contribution in [0.4, 0.5) is 0 Å². The van der Waals surface area contributed by atoms with E-state index in [-0.39, 0.29) is 5.97 Å². The monoisotopic (exact) mass is 313 g/mol. The van der Waals surface area contributed by atoms with Gasteiger partial charge in [0.05, 0.1) is 16.7 Å². The van der Waals surface area contributed by atoms with Crippen LogP contribution in [-0.2, 0) is 4.79 Å². The molecule has 2 rings (SSSR count).